The molecule has 0 spiro atoms. The predicted octanol–water partition coefficient (Wildman–Crippen LogP) is 5.05. The average molecular weight is 470 g/mol. The summed E-state index contributed by atoms with van der Waals surface area (Å²) in [6.07, 6.45) is 7.25. The molecule has 32 heavy (non-hydrogen) atoms. The number of rotatable bonds is 7. The second kappa shape index (κ2) is 10.7. The molecule has 1 heterocycles. The first-order chi connectivity index (χ1) is 15.6. The first kappa shape index (κ1) is 22.4. The molecular weight excluding hydrogens is 446 g/mol. The second-order valence-corrected chi connectivity index (χ2v) is 9.03. The number of carbonyl (C=O) groups is 1. The maximum absolute atomic E-state index is 12.3. The smallest absolute Gasteiger partial charge is 0.250 e. The highest BCUT2D eigenvalue weighted by Crippen LogP contribution is 2.35. The lowest BCUT2D eigenvalue weighted by atomic mass is 9.95. The number of phenolic OH excluding ortho intramolecular Hbond substituents is 1. The van der Waals surface area contributed by atoms with Crippen LogP contribution in [0.1, 0.15) is 43.7 Å². The molecule has 1 amide bonds. The minimum atomic E-state index is -0.238. The SMILES string of the molecule is O=C(CSc1nnc(-c2ccc(Cl)cc2)n1C1CCCCC1)N/N=C/c1cccc(O)c1. The highest BCUT2D eigenvalue weighted by molar-refractivity contribution is 7.99. The summed E-state index contributed by atoms with van der Waals surface area (Å²) in [7, 11) is 0. The second-order valence-electron chi connectivity index (χ2n) is 7.65. The summed E-state index contributed by atoms with van der Waals surface area (Å²) >= 11 is 7.40. The number of aromatic hydroxyl groups is 1. The lowest BCUT2D eigenvalue weighted by Gasteiger charge is -2.25. The van der Waals surface area contributed by atoms with Gasteiger partial charge in [0.05, 0.1) is 12.0 Å². The van der Waals surface area contributed by atoms with Crippen LogP contribution in [0.2, 0.25) is 5.02 Å². The Morgan fingerprint density at radius 1 is 1.19 bits per heavy atom. The van der Waals surface area contributed by atoms with Gasteiger partial charge in [-0.1, -0.05) is 54.8 Å². The third-order valence-corrected chi connectivity index (χ3v) is 6.51. The molecule has 7 nitrogen and oxygen atoms in total. The topological polar surface area (TPSA) is 92.4 Å². The van der Waals surface area contributed by atoms with Gasteiger partial charge in [0.25, 0.3) is 5.91 Å². The van der Waals surface area contributed by atoms with Crippen molar-refractivity contribution in [2.45, 2.75) is 43.3 Å². The van der Waals surface area contributed by atoms with Gasteiger partial charge in [-0.3, -0.25) is 9.36 Å². The summed E-state index contributed by atoms with van der Waals surface area (Å²) in [5.74, 6) is 0.883. The molecule has 1 aliphatic rings. The number of halogens is 1. The maximum atomic E-state index is 12.3. The monoisotopic (exact) mass is 469 g/mol. The largest absolute Gasteiger partial charge is 0.508 e. The van der Waals surface area contributed by atoms with E-state index in [2.05, 4.69) is 25.3 Å². The highest BCUT2D eigenvalue weighted by atomic mass is 35.5. The van der Waals surface area contributed by atoms with Gasteiger partial charge < -0.3 is 5.11 Å². The first-order valence-corrected chi connectivity index (χ1v) is 11.9. The third kappa shape index (κ3) is 5.69. The van der Waals surface area contributed by atoms with E-state index < -0.39 is 0 Å². The Hall–Kier alpha value is -2.84. The first-order valence-electron chi connectivity index (χ1n) is 10.5. The van der Waals surface area contributed by atoms with Crippen molar-refractivity contribution in [3.05, 3.63) is 59.1 Å². The van der Waals surface area contributed by atoms with Crippen molar-refractivity contribution in [1.82, 2.24) is 20.2 Å². The van der Waals surface area contributed by atoms with E-state index in [1.807, 2.05) is 24.3 Å². The molecule has 1 aromatic heterocycles. The molecule has 0 unspecified atom stereocenters. The maximum Gasteiger partial charge on any atom is 0.250 e. The Bertz CT molecular complexity index is 1090. The van der Waals surface area contributed by atoms with Crippen LogP contribution in [0.25, 0.3) is 11.4 Å². The van der Waals surface area contributed by atoms with Crippen LogP contribution in [-0.2, 0) is 4.79 Å². The van der Waals surface area contributed by atoms with E-state index in [4.69, 9.17) is 11.6 Å². The Kier molecular flexibility index (Phi) is 7.44. The number of benzene rings is 2. The number of hydrogen-bond acceptors (Lipinski definition) is 6. The standard InChI is InChI=1S/C23H24ClN5O2S/c24-18-11-9-17(10-12-18)22-27-28-23(29(22)19-6-2-1-3-7-19)32-15-21(31)26-25-14-16-5-4-8-20(30)13-16/h4-5,8-14,19,30H,1-3,6-7,15H2,(H,26,31)/b25-14+. The van der Waals surface area contributed by atoms with Crippen LogP contribution in [0.4, 0.5) is 0 Å². The summed E-state index contributed by atoms with van der Waals surface area (Å²) in [5.41, 5.74) is 4.18. The molecule has 1 saturated carbocycles. The van der Waals surface area contributed by atoms with Crippen molar-refractivity contribution in [1.29, 1.82) is 0 Å². The predicted molar refractivity (Wildman–Crippen MR) is 127 cm³/mol. The molecule has 0 saturated heterocycles. The van der Waals surface area contributed by atoms with Crippen LogP contribution in [0.5, 0.6) is 5.75 Å². The minimum absolute atomic E-state index is 0.148. The van der Waals surface area contributed by atoms with Crippen LogP contribution in [0.15, 0.2) is 58.8 Å². The van der Waals surface area contributed by atoms with E-state index in [0.717, 1.165) is 29.4 Å². The number of aromatic nitrogens is 3. The molecule has 0 atom stereocenters. The summed E-state index contributed by atoms with van der Waals surface area (Å²) in [4.78, 5) is 12.3. The number of phenols is 1. The highest BCUT2D eigenvalue weighted by Gasteiger charge is 2.24. The van der Waals surface area contributed by atoms with Gasteiger partial charge in [-0.2, -0.15) is 5.10 Å². The number of nitrogens with one attached hydrogen (secondary N) is 1. The quantitative estimate of drug-likeness (QED) is 0.287. The molecule has 1 fully saturated rings. The lowest BCUT2D eigenvalue weighted by molar-refractivity contribution is -0.118. The van der Waals surface area contributed by atoms with Crippen molar-refractivity contribution >= 4 is 35.5 Å². The van der Waals surface area contributed by atoms with Gasteiger partial charge in [-0.05, 0) is 54.8 Å². The van der Waals surface area contributed by atoms with E-state index in [0.29, 0.717) is 16.6 Å². The van der Waals surface area contributed by atoms with Crippen molar-refractivity contribution in [3.63, 3.8) is 0 Å². The Morgan fingerprint density at radius 3 is 2.72 bits per heavy atom. The van der Waals surface area contributed by atoms with Crippen molar-refractivity contribution in [3.8, 4) is 17.1 Å². The number of hydrogen-bond donors (Lipinski definition) is 2. The average Bonchev–Trinajstić information content (AvgIpc) is 3.23. The fourth-order valence-corrected chi connectivity index (χ4v) is 4.71. The molecule has 9 heteroatoms. The zero-order valence-electron chi connectivity index (χ0n) is 17.4. The van der Waals surface area contributed by atoms with Gasteiger partial charge in [-0.25, -0.2) is 5.43 Å². The molecule has 0 bridgehead atoms. The van der Waals surface area contributed by atoms with Crippen LogP contribution in [0.3, 0.4) is 0 Å². The summed E-state index contributed by atoms with van der Waals surface area (Å²) in [6.45, 7) is 0. The zero-order chi connectivity index (χ0) is 22.3. The van der Waals surface area contributed by atoms with E-state index in [1.165, 1.54) is 37.2 Å². The molecule has 0 aliphatic heterocycles. The fourth-order valence-electron chi connectivity index (χ4n) is 3.79. The molecular formula is C23H24ClN5O2S. The molecule has 0 radical (unpaired) electrons. The third-order valence-electron chi connectivity index (χ3n) is 5.31. The Morgan fingerprint density at radius 2 is 1.97 bits per heavy atom. The fraction of sp³-hybridized carbons (Fsp3) is 0.304. The van der Waals surface area contributed by atoms with Crippen molar-refractivity contribution in [2.24, 2.45) is 5.10 Å². The molecule has 2 aromatic carbocycles. The molecule has 2 N–H and O–H groups in total. The van der Waals surface area contributed by atoms with E-state index >= 15 is 0 Å². The lowest BCUT2D eigenvalue weighted by Crippen LogP contribution is -2.20. The molecule has 3 aromatic rings. The number of nitrogens with zero attached hydrogens (tertiary/aromatic N) is 4. The van der Waals surface area contributed by atoms with Gasteiger partial charge in [-0.15, -0.1) is 10.2 Å². The van der Waals surface area contributed by atoms with Gasteiger partial charge in [0, 0.05) is 16.6 Å². The summed E-state index contributed by atoms with van der Waals surface area (Å²) in [5, 5.41) is 23.7. The molecule has 4 rings (SSSR count). The van der Waals surface area contributed by atoms with Gasteiger partial charge in [0.15, 0.2) is 11.0 Å². The number of thioether (sulfide) groups is 1. The summed E-state index contributed by atoms with van der Waals surface area (Å²) < 4.78 is 2.18. The zero-order valence-corrected chi connectivity index (χ0v) is 19.0. The molecule has 1 aliphatic carbocycles. The van der Waals surface area contributed by atoms with Crippen LogP contribution < -0.4 is 5.43 Å². The van der Waals surface area contributed by atoms with Crippen molar-refractivity contribution in [2.75, 3.05) is 5.75 Å². The number of carbonyl (C=O) groups excluding carboxylic acids is 1. The Balaban J connectivity index is 1.45. The van der Waals surface area contributed by atoms with Crippen LogP contribution in [-0.4, -0.2) is 37.7 Å². The van der Waals surface area contributed by atoms with Crippen LogP contribution >= 0.6 is 23.4 Å². The minimum Gasteiger partial charge on any atom is -0.508 e. The van der Waals surface area contributed by atoms with E-state index in [-0.39, 0.29) is 17.4 Å². The van der Waals surface area contributed by atoms with Gasteiger partial charge >= 0.3 is 0 Å². The van der Waals surface area contributed by atoms with E-state index in [1.54, 1.807) is 24.3 Å². The van der Waals surface area contributed by atoms with E-state index in [9.17, 15) is 9.90 Å². The summed E-state index contributed by atoms with van der Waals surface area (Å²) in [6, 6.07) is 14.6. The van der Waals surface area contributed by atoms with Crippen LogP contribution in [0, 0.1) is 0 Å². The van der Waals surface area contributed by atoms with Gasteiger partial charge in [0.1, 0.15) is 5.75 Å². The molecule has 166 valence electrons. The number of hydrazone groups is 1. The van der Waals surface area contributed by atoms with Crippen molar-refractivity contribution < 1.29 is 9.90 Å². The number of amides is 1. The van der Waals surface area contributed by atoms with Gasteiger partial charge in [0.2, 0.25) is 0 Å². The Labute approximate surface area is 195 Å². The normalized spacial score (nSPS) is 14.7.